The third-order valence-electron chi connectivity index (χ3n) is 4.91. The second-order valence-corrected chi connectivity index (χ2v) is 6.35. The number of hydrogen-bond acceptors (Lipinski definition) is 3. The van der Waals surface area contributed by atoms with Gasteiger partial charge in [-0.05, 0) is 48.4 Å². The molecule has 116 valence electrons. The number of hydrogen-bond donors (Lipinski definition) is 1. The highest BCUT2D eigenvalue weighted by Crippen LogP contribution is 2.43. The van der Waals surface area contributed by atoms with Gasteiger partial charge in [-0.1, -0.05) is 18.2 Å². The van der Waals surface area contributed by atoms with Crippen molar-refractivity contribution in [2.75, 3.05) is 0 Å². The molecule has 2 heterocycles. The van der Waals surface area contributed by atoms with Gasteiger partial charge in [0.15, 0.2) is 0 Å². The maximum absolute atomic E-state index is 12.5. The van der Waals surface area contributed by atoms with Gasteiger partial charge < -0.3 is 5.32 Å². The minimum absolute atomic E-state index is 0.144. The van der Waals surface area contributed by atoms with Gasteiger partial charge in [-0.25, -0.2) is 0 Å². The SMILES string of the molecule is O=C(NCc1cccnc1-c1ccncc1)C1CC2C=CC1C2. The van der Waals surface area contributed by atoms with Crippen LogP contribution in [0.1, 0.15) is 18.4 Å². The lowest BCUT2D eigenvalue weighted by atomic mass is 9.93. The first-order valence-electron chi connectivity index (χ1n) is 8.11. The highest BCUT2D eigenvalue weighted by molar-refractivity contribution is 5.80. The van der Waals surface area contributed by atoms with E-state index in [-0.39, 0.29) is 11.8 Å². The number of carbonyl (C=O) groups excluding carboxylic acids is 1. The number of rotatable bonds is 4. The van der Waals surface area contributed by atoms with E-state index in [4.69, 9.17) is 0 Å². The van der Waals surface area contributed by atoms with Crippen LogP contribution in [0.15, 0.2) is 55.0 Å². The number of pyridine rings is 2. The number of nitrogens with zero attached hydrogens (tertiary/aromatic N) is 2. The Morgan fingerprint density at radius 2 is 2.00 bits per heavy atom. The van der Waals surface area contributed by atoms with Gasteiger partial charge in [-0.3, -0.25) is 14.8 Å². The van der Waals surface area contributed by atoms with E-state index in [1.165, 1.54) is 0 Å². The van der Waals surface area contributed by atoms with Gasteiger partial charge in [-0.2, -0.15) is 0 Å². The van der Waals surface area contributed by atoms with Crippen LogP contribution in [0.25, 0.3) is 11.3 Å². The van der Waals surface area contributed by atoms with Gasteiger partial charge in [0.25, 0.3) is 0 Å². The lowest BCUT2D eigenvalue weighted by Gasteiger charge is -2.18. The molecule has 3 unspecified atom stereocenters. The largest absolute Gasteiger partial charge is 0.352 e. The Morgan fingerprint density at radius 1 is 1.13 bits per heavy atom. The van der Waals surface area contributed by atoms with Crippen molar-refractivity contribution >= 4 is 5.91 Å². The van der Waals surface area contributed by atoms with Crippen molar-refractivity contribution in [3.05, 3.63) is 60.6 Å². The van der Waals surface area contributed by atoms with E-state index in [1.54, 1.807) is 18.6 Å². The first kappa shape index (κ1) is 14.1. The summed E-state index contributed by atoms with van der Waals surface area (Å²) in [5.74, 6) is 1.37. The van der Waals surface area contributed by atoms with E-state index in [1.807, 2.05) is 24.3 Å². The molecule has 23 heavy (non-hydrogen) atoms. The third kappa shape index (κ3) is 2.77. The Bertz CT molecular complexity index is 741. The lowest BCUT2D eigenvalue weighted by Crippen LogP contribution is -2.32. The normalized spacial score (nSPS) is 24.8. The maximum Gasteiger partial charge on any atom is 0.223 e. The molecule has 2 aliphatic carbocycles. The fourth-order valence-corrected chi connectivity index (χ4v) is 3.75. The van der Waals surface area contributed by atoms with Crippen LogP contribution in [0.2, 0.25) is 0 Å². The van der Waals surface area contributed by atoms with Crippen molar-refractivity contribution in [3.8, 4) is 11.3 Å². The molecule has 0 spiro atoms. The number of amides is 1. The van der Waals surface area contributed by atoms with Gasteiger partial charge >= 0.3 is 0 Å². The van der Waals surface area contributed by atoms with Crippen LogP contribution in [0, 0.1) is 17.8 Å². The van der Waals surface area contributed by atoms with Gasteiger partial charge in [0.2, 0.25) is 5.91 Å². The third-order valence-corrected chi connectivity index (χ3v) is 4.91. The summed E-state index contributed by atoms with van der Waals surface area (Å²) in [6.45, 7) is 0.516. The summed E-state index contributed by atoms with van der Waals surface area (Å²) in [6, 6.07) is 7.80. The summed E-state index contributed by atoms with van der Waals surface area (Å²) >= 11 is 0. The van der Waals surface area contributed by atoms with Gasteiger partial charge in [-0.15, -0.1) is 0 Å². The van der Waals surface area contributed by atoms with Crippen LogP contribution in [-0.2, 0) is 11.3 Å². The monoisotopic (exact) mass is 305 g/mol. The first-order chi connectivity index (χ1) is 11.3. The van der Waals surface area contributed by atoms with E-state index < -0.39 is 0 Å². The Hall–Kier alpha value is -2.49. The van der Waals surface area contributed by atoms with Crippen molar-refractivity contribution in [3.63, 3.8) is 0 Å². The molecule has 3 atom stereocenters. The average Bonchev–Trinajstić information content (AvgIpc) is 3.24. The average molecular weight is 305 g/mol. The van der Waals surface area contributed by atoms with E-state index in [0.29, 0.717) is 18.4 Å². The molecular weight excluding hydrogens is 286 g/mol. The zero-order chi connectivity index (χ0) is 15.6. The van der Waals surface area contributed by atoms with Crippen LogP contribution in [0.4, 0.5) is 0 Å². The van der Waals surface area contributed by atoms with Crippen LogP contribution in [0.3, 0.4) is 0 Å². The Morgan fingerprint density at radius 3 is 2.74 bits per heavy atom. The molecule has 0 aromatic carbocycles. The van der Waals surface area contributed by atoms with E-state index >= 15 is 0 Å². The minimum Gasteiger partial charge on any atom is -0.352 e. The Balaban J connectivity index is 1.47. The Labute approximate surface area is 135 Å². The lowest BCUT2D eigenvalue weighted by molar-refractivity contribution is -0.125. The predicted octanol–water partition coefficient (Wildman–Crippen LogP) is 2.97. The molecule has 4 nitrogen and oxygen atoms in total. The quantitative estimate of drug-likeness (QED) is 0.884. The van der Waals surface area contributed by atoms with Crippen LogP contribution in [0.5, 0.6) is 0 Å². The van der Waals surface area contributed by atoms with Gasteiger partial charge in [0, 0.05) is 36.6 Å². The number of aromatic nitrogens is 2. The summed E-state index contributed by atoms with van der Waals surface area (Å²) in [7, 11) is 0. The van der Waals surface area contributed by atoms with Crippen molar-refractivity contribution in [2.24, 2.45) is 17.8 Å². The highest BCUT2D eigenvalue weighted by atomic mass is 16.1. The number of carbonyl (C=O) groups is 1. The maximum atomic E-state index is 12.5. The predicted molar refractivity (Wildman–Crippen MR) is 88.2 cm³/mol. The molecule has 1 amide bonds. The summed E-state index contributed by atoms with van der Waals surface area (Å²) in [5, 5.41) is 3.11. The number of nitrogens with one attached hydrogen (secondary N) is 1. The smallest absolute Gasteiger partial charge is 0.223 e. The van der Waals surface area contributed by atoms with Crippen LogP contribution in [-0.4, -0.2) is 15.9 Å². The topological polar surface area (TPSA) is 54.9 Å². The minimum atomic E-state index is 0.144. The first-order valence-corrected chi connectivity index (χ1v) is 8.11. The van der Waals surface area contributed by atoms with Crippen molar-refractivity contribution in [2.45, 2.75) is 19.4 Å². The molecule has 4 heteroatoms. The summed E-state index contributed by atoms with van der Waals surface area (Å²) in [6.07, 6.45) is 11.9. The zero-order valence-corrected chi connectivity index (χ0v) is 12.9. The van der Waals surface area contributed by atoms with Crippen molar-refractivity contribution in [1.29, 1.82) is 0 Å². The fourth-order valence-electron chi connectivity index (χ4n) is 3.75. The van der Waals surface area contributed by atoms with Crippen LogP contribution < -0.4 is 5.32 Å². The summed E-state index contributed by atoms with van der Waals surface area (Å²) < 4.78 is 0. The molecule has 0 saturated heterocycles. The molecule has 1 saturated carbocycles. The molecule has 1 N–H and O–H groups in total. The van der Waals surface area contributed by atoms with Crippen molar-refractivity contribution in [1.82, 2.24) is 15.3 Å². The fraction of sp³-hybridized carbons (Fsp3) is 0.316. The molecule has 2 aromatic heterocycles. The molecule has 1 fully saturated rings. The molecule has 0 aliphatic heterocycles. The second-order valence-electron chi connectivity index (χ2n) is 6.35. The molecular formula is C19H19N3O. The summed E-state index contributed by atoms with van der Waals surface area (Å²) in [5.41, 5.74) is 2.96. The van der Waals surface area contributed by atoms with Gasteiger partial charge in [0.05, 0.1) is 5.69 Å². The van der Waals surface area contributed by atoms with Crippen molar-refractivity contribution < 1.29 is 4.79 Å². The molecule has 2 aromatic rings. The summed E-state index contributed by atoms with van der Waals surface area (Å²) in [4.78, 5) is 21.0. The molecule has 2 aliphatic rings. The highest BCUT2D eigenvalue weighted by Gasteiger charge is 2.39. The van der Waals surface area contributed by atoms with Gasteiger partial charge in [0.1, 0.15) is 0 Å². The number of allylic oxidation sites excluding steroid dienone is 2. The number of fused-ring (bicyclic) bond motifs is 2. The molecule has 0 radical (unpaired) electrons. The second kappa shape index (κ2) is 5.95. The Kier molecular flexibility index (Phi) is 3.66. The molecule has 2 bridgehead atoms. The molecule has 4 rings (SSSR count). The zero-order valence-electron chi connectivity index (χ0n) is 12.9. The van der Waals surface area contributed by atoms with E-state index in [0.717, 1.165) is 29.7 Å². The van der Waals surface area contributed by atoms with E-state index in [9.17, 15) is 4.79 Å². The van der Waals surface area contributed by atoms with E-state index in [2.05, 4.69) is 27.4 Å². The standard InChI is InChI=1S/C19H19N3O/c23-19(17-11-13-3-4-15(17)10-13)22-12-16-2-1-7-21-18(16)14-5-8-20-9-6-14/h1-9,13,15,17H,10-12H2,(H,22,23). The van der Waals surface area contributed by atoms with Crippen LogP contribution >= 0.6 is 0 Å².